The predicted molar refractivity (Wildman–Crippen MR) is 136 cm³/mol. The number of piperazine rings is 1. The fourth-order valence-corrected chi connectivity index (χ4v) is 6.17. The van der Waals surface area contributed by atoms with E-state index in [9.17, 15) is 39.6 Å². The van der Waals surface area contributed by atoms with Crippen molar-refractivity contribution in [3.8, 4) is 0 Å². The second-order valence-electron chi connectivity index (χ2n) is 10.3. The van der Waals surface area contributed by atoms with Gasteiger partial charge in [0.2, 0.25) is 10.0 Å². The summed E-state index contributed by atoms with van der Waals surface area (Å²) in [4.78, 5) is 18.2. The van der Waals surface area contributed by atoms with Gasteiger partial charge in [-0.05, 0) is 36.4 Å². The fourth-order valence-electron chi connectivity index (χ4n) is 5.34. The number of hydrogen-bond acceptors (Lipinski definition) is 4. The van der Waals surface area contributed by atoms with Gasteiger partial charge in [0.25, 0.3) is 0 Å². The maximum absolute atomic E-state index is 13.4. The molecule has 0 aliphatic carbocycles. The molecule has 14 heteroatoms. The number of nitrogens with zero attached hydrogens (tertiary/aromatic N) is 4. The number of carbonyl (C=O) groups is 1. The Kier molecular flexibility index (Phi) is 8.44. The molecular formula is C26H30F6N4O3S. The minimum atomic E-state index is -4.95. The summed E-state index contributed by atoms with van der Waals surface area (Å²) in [5, 5.41) is 0. The molecule has 2 aromatic carbocycles. The van der Waals surface area contributed by atoms with Crippen LogP contribution in [0.15, 0.2) is 48.5 Å². The maximum Gasteiger partial charge on any atom is 0.416 e. The zero-order valence-corrected chi connectivity index (χ0v) is 22.7. The molecule has 0 bridgehead atoms. The highest BCUT2D eigenvalue weighted by Gasteiger charge is 2.41. The number of carbonyl (C=O) groups excluding carboxylic acids is 1. The van der Waals surface area contributed by atoms with Crippen molar-refractivity contribution in [2.45, 2.75) is 30.9 Å². The summed E-state index contributed by atoms with van der Waals surface area (Å²) in [5.41, 5.74) is -2.00. The number of alkyl halides is 6. The lowest BCUT2D eigenvalue weighted by atomic mass is 9.93. The van der Waals surface area contributed by atoms with Crippen molar-refractivity contribution in [2.75, 3.05) is 52.6 Å². The molecule has 0 saturated carbocycles. The van der Waals surface area contributed by atoms with E-state index in [1.807, 2.05) is 30.3 Å². The molecule has 0 N–H and O–H groups in total. The van der Waals surface area contributed by atoms with Crippen molar-refractivity contribution in [2.24, 2.45) is 0 Å². The minimum absolute atomic E-state index is 0.107. The molecular weight excluding hydrogens is 562 g/mol. The van der Waals surface area contributed by atoms with Gasteiger partial charge in [0.1, 0.15) is 0 Å². The molecule has 0 aromatic heterocycles. The highest BCUT2D eigenvalue weighted by atomic mass is 32.2. The molecule has 2 aliphatic rings. The maximum atomic E-state index is 13.4. The van der Waals surface area contributed by atoms with Gasteiger partial charge < -0.3 is 9.80 Å². The Morgan fingerprint density at radius 1 is 0.875 bits per heavy atom. The molecule has 2 heterocycles. The van der Waals surface area contributed by atoms with Crippen molar-refractivity contribution < 1.29 is 39.6 Å². The van der Waals surface area contributed by atoms with Crippen LogP contribution in [0.5, 0.6) is 0 Å². The van der Waals surface area contributed by atoms with Crippen molar-refractivity contribution in [1.82, 2.24) is 19.0 Å². The van der Waals surface area contributed by atoms with Gasteiger partial charge in [-0.1, -0.05) is 30.3 Å². The van der Waals surface area contributed by atoms with Crippen LogP contribution in [-0.4, -0.2) is 92.1 Å². The average molecular weight is 593 g/mol. The van der Waals surface area contributed by atoms with Crippen LogP contribution in [0.25, 0.3) is 0 Å². The SMILES string of the molecule is CN(Cc1cc(C(F)(F)F)cc(C(F)(F)F)c1)C1CN(C(=O)N2CCN(S(C)(=O)=O)CC2)C[C@@H]1c1ccccc1. The molecule has 7 nitrogen and oxygen atoms in total. The monoisotopic (exact) mass is 592 g/mol. The summed E-state index contributed by atoms with van der Waals surface area (Å²) in [6.45, 7) is 1.05. The molecule has 2 amide bonds. The third-order valence-electron chi connectivity index (χ3n) is 7.41. The Labute approximate surface area is 229 Å². The summed E-state index contributed by atoms with van der Waals surface area (Å²) in [6.07, 6.45) is -8.78. The van der Waals surface area contributed by atoms with Gasteiger partial charge >= 0.3 is 18.4 Å². The second-order valence-corrected chi connectivity index (χ2v) is 12.2. The number of halogens is 6. The van der Waals surface area contributed by atoms with Gasteiger partial charge in [0, 0.05) is 57.8 Å². The van der Waals surface area contributed by atoms with Gasteiger partial charge in [-0.25, -0.2) is 13.2 Å². The van der Waals surface area contributed by atoms with E-state index in [2.05, 4.69) is 0 Å². The molecule has 1 unspecified atom stereocenters. The highest BCUT2D eigenvalue weighted by Crippen LogP contribution is 2.37. The van der Waals surface area contributed by atoms with Gasteiger partial charge in [0.15, 0.2) is 0 Å². The normalized spacial score (nSPS) is 21.3. The van der Waals surface area contributed by atoms with Crippen molar-refractivity contribution in [1.29, 1.82) is 0 Å². The molecule has 0 spiro atoms. The Bertz CT molecular complexity index is 1280. The quantitative estimate of drug-likeness (QED) is 0.486. The van der Waals surface area contributed by atoms with Crippen LogP contribution in [-0.2, 0) is 28.9 Å². The number of hydrogen-bond donors (Lipinski definition) is 0. The average Bonchev–Trinajstić information content (AvgIpc) is 3.33. The number of amides is 2. The van der Waals surface area contributed by atoms with Crippen LogP contribution in [0.2, 0.25) is 0 Å². The topological polar surface area (TPSA) is 64.2 Å². The fraction of sp³-hybridized carbons (Fsp3) is 0.500. The van der Waals surface area contributed by atoms with E-state index in [1.165, 1.54) is 4.31 Å². The molecule has 2 saturated heterocycles. The molecule has 0 radical (unpaired) electrons. The molecule has 220 valence electrons. The Morgan fingerprint density at radius 2 is 1.43 bits per heavy atom. The lowest BCUT2D eigenvalue weighted by Crippen LogP contribution is -2.53. The predicted octanol–water partition coefficient (Wildman–Crippen LogP) is 4.32. The number of rotatable bonds is 5. The zero-order valence-electron chi connectivity index (χ0n) is 21.9. The van der Waals surface area contributed by atoms with Crippen LogP contribution in [0.4, 0.5) is 31.1 Å². The molecule has 4 rings (SSSR count). The second kappa shape index (κ2) is 11.2. The summed E-state index contributed by atoms with van der Waals surface area (Å²) in [7, 11) is -1.76. The van der Waals surface area contributed by atoms with Crippen LogP contribution >= 0.6 is 0 Å². The molecule has 40 heavy (non-hydrogen) atoms. The van der Waals surface area contributed by atoms with Crippen molar-refractivity contribution in [3.05, 3.63) is 70.8 Å². The molecule has 2 fully saturated rings. The van der Waals surface area contributed by atoms with E-state index >= 15 is 0 Å². The zero-order chi connectivity index (χ0) is 29.5. The molecule has 2 aromatic rings. The van der Waals surface area contributed by atoms with E-state index < -0.39 is 39.5 Å². The first kappa shape index (κ1) is 30.1. The number of likely N-dealkylation sites (tertiary alicyclic amines) is 1. The van der Waals surface area contributed by atoms with Crippen LogP contribution in [0, 0.1) is 0 Å². The van der Waals surface area contributed by atoms with Crippen LogP contribution < -0.4 is 0 Å². The van der Waals surface area contributed by atoms with Gasteiger partial charge in [0.05, 0.1) is 17.4 Å². The number of urea groups is 1. The van der Waals surface area contributed by atoms with Gasteiger partial charge in [-0.15, -0.1) is 0 Å². The summed E-state index contributed by atoms with van der Waals surface area (Å²) < 4.78 is 105. The lowest BCUT2D eigenvalue weighted by Gasteiger charge is -2.35. The van der Waals surface area contributed by atoms with Crippen molar-refractivity contribution in [3.63, 3.8) is 0 Å². The highest BCUT2D eigenvalue weighted by molar-refractivity contribution is 7.88. The van der Waals surface area contributed by atoms with E-state index in [4.69, 9.17) is 0 Å². The first-order valence-corrected chi connectivity index (χ1v) is 14.4. The van der Waals surface area contributed by atoms with Crippen LogP contribution in [0.1, 0.15) is 28.2 Å². The Hall–Kier alpha value is -2.84. The Balaban J connectivity index is 1.56. The third-order valence-corrected chi connectivity index (χ3v) is 8.71. The van der Waals surface area contributed by atoms with E-state index in [0.717, 1.165) is 24.0 Å². The van der Waals surface area contributed by atoms with E-state index in [1.54, 1.807) is 21.7 Å². The summed E-state index contributed by atoms with van der Waals surface area (Å²) >= 11 is 0. The first-order chi connectivity index (χ1) is 18.5. The number of likely N-dealkylation sites (N-methyl/N-ethyl adjacent to an activating group) is 1. The van der Waals surface area contributed by atoms with Gasteiger partial charge in [-0.2, -0.15) is 30.6 Å². The first-order valence-electron chi connectivity index (χ1n) is 12.6. The van der Waals surface area contributed by atoms with Crippen LogP contribution in [0.3, 0.4) is 0 Å². The molecule has 2 aliphatic heterocycles. The smallest absolute Gasteiger partial charge is 0.322 e. The number of sulfonamides is 1. The van der Waals surface area contributed by atoms with Gasteiger partial charge in [-0.3, -0.25) is 4.90 Å². The number of benzene rings is 2. The summed E-state index contributed by atoms with van der Waals surface area (Å²) in [6, 6.07) is 10.1. The minimum Gasteiger partial charge on any atom is -0.322 e. The third kappa shape index (κ3) is 6.89. The lowest BCUT2D eigenvalue weighted by molar-refractivity contribution is -0.143. The summed E-state index contributed by atoms with van der Waals surface area (Å²) in [5.74, 6) is -0.250. The largest absolute Gasteiger partial charge is 0.416 e. The Morgan fingerprint density at radius 3 is 1.93 bits per heavy atom. The van der Waals surface area contributed by atoms with E-state index in [0.29, 0.717) is 6.54 Å². The molecule has 2 atom stereocenters. The van der Waals surface area contributed by atoms with Crippen molar-refractivity contribution >= 4 is 16.1 Å². The van der Waals surface area contributed by atoms with E-state index in [-0.39, 0.29) is 62.8 Å². The standard InChI is InChI=1S/C26H30F6N4O3S/c1-33(15-18-12-20(25(27,28)29)14-21(13-18)26(30,31)32)23-17-35(16-22(23)19-6-4-3-5-7-19)24(37)34-8-10-36(11-9-34)40(2,38)39/h3-7,12-14,22-23H,8-11,15-17H2,1-2H3/t22-,23?/m1/s1.